The highest BCUT2D eigenvalue weighted by Gasteiger charge is 2.29. The lowest BCUT2D eigenvalue weighted by atomic mass is 10.1. The number of hydrogen-bond donors (Lipinski definition) is 3. The number of aromatic nitrogens is 5. The topological polar surface area (TPSA) is 121 Å². The fraction of sp³-hybridized carbons (Fsp3) is 0.480. The number of anilines is 3. The average Bonchev–Trinajstić information content (AvgIpc) is 3.66. The van der Waals surface area contributed by atoms with Crippen molar-refractivity contribution in [3.8, 4) is 0 Å². The Hall–Kier alpha value is -3.02. The van der Waals surface area contributed by atoms with Crippen LogP contribution in [0, 0.1) is 12.8 Å². The van der Waals surface area contributed by atoms with Gasteiger partial charge in [-0.25, -0.2) is 0 Å². The minimum Gasteiger partial charge on any atom is -0.379 e. The smallest absolute Gasteiger partial charge is 0.234 e. The second kappa shape index (κ2) is 11.8. The maximum absolute atomic E-state index is 12.1. The van der Waals surface area contributed by atoms with E-state index in [1.165, 1.54) is 11.8 Å². The van der Waals surface area contributed by atoms with Gasteiger partial charge in [0.1, 0.15) is 5.78 Å². The zero-order chi connectivity index (χ0) is 24.7. The summed E-state index contributed by atoms with van der Waals surface area (Å²) in [6.45, 7) is 7.29. The number of H-pyrrole nitrogens is 1. The van der Waals surface area contributed by atoms with E-state index in [4.69, 9.17) is 4.74 Å². The number of ketones is 1. The molecular formula is C25H32N8O2S. The Morgan fingerprint density at radius 3 is 2.64 bits per heavy atom. The Kier molecular flexibility index (Phi) is 8.09. The molecule has 1 aliphatic carbocycles. The number of ether oxygens (including phenoxy) is 1. The molecule has 2 fully saturated rings. The third-order valence-electron chi connectivity index (χ3n) is 6.14. The number of rotatable bonds is 12. The molecule has 2 aliphatic rings. The van der Waals surface area contributed by atoms with Crippen LogP contribution < -0.4 is 10.6 Å². The second-order valence-corrected chi connectivity index (χ2v) is 10.3. The molecule has 3 heterocycles. The predicted octanol–water partition coefficient (Wildman–Crippen LogP) is 3.45. The first-order valence-corrected chi connectivity index (χ1v) is 13.3. The lowest BCUT2D eigenvalue weighted by Crippen LogP contribution is -2.37. The molecule has 5 rings (SSSR count). The molecule has 1 saturated heterocycles. The standard InChI is InChI=1S/C25H32N8O2S/c1-17-15-22(32-31-17)27-24-28-23(26-9-2-10-33-11-13-35-14-12-33)29-25(30-24)36-20-7-3-18(4-8-20)16-21(34)19-5-6-19/h3-4,7-8,15,19H,2,5-6,9-14,16H2,1H3,(H3,26,27,28,29,30,31,32). The lowest BCUT2D eigenvalue weighted by Gasteiger charge is -2.26. The number of morpholine rings is 1. The summed E-state index contributed by atoms with van der Waals surface area (Å²) in [4.78, 5) is 29.3. The molecule has 2 aromatic heterocycles. The Morgan fingerprint density at radius 2 is 1.92 bits per heavy atom. The molecule has 0 atom stereocenters. The molecule has 0 spiro atoms. The van der Waals surface area contributed by atoms with Gasteiger partial charge in [0.25, 0.3) is 0 Å². The number of carbonyl (C=O) groups is 1. The highest BCUT2D eigenvalue weighted by atomic mass is 32.2. The summed E-state index contributed by atoms with van der Waals surface area (Å²) in [7, 11) is 0. The first kappa shape index (κ1) is 24.7. The predicted molar refractivity (Wildman–Crippen MR) is 139 cm³/mol. The second-order valence-electron chi connectivity index (χ2n) is 9.22. The van der Waals surface area contributed by atoms with Crippen LogP contribution in [0.5, 0.6) is 0 Å². The molecule has 3 aromatic rings. The van der Waals surface area contributed by atoms with Gasteiger partial charge < -0.3 is 15.4 Å². The molecule has 190 valence electrons. The maximum Gasteiger partial charge on any atom is 0.234 e. The van der Waals surface area contributed by atoms with Gasteiger partial charge in [-0.2, -0.15) is 20.1 Å². The molecule has 0 bridgehead atoms. The van der Waals surface area contributed by atoms with Gasteiger partial charge in [0.2, 0.25) is 11.9 Å². The van der Waals surface area contributed by atoms with E-state index in [2.05, 4.69) is 40.7 Å². The van der Waals surface area contributed by atoms with E-state index in [-0.39, 0.29) is 5.92 Å². The summed E-state index contributed by atoms with van der Waals surface area (Å²) in [6.07, 6.45) is 3.58. The molecule has 0 radical (unpaired) electrons. The van der Waals surface area contributed by atoms with Crippen molar-refractivity contribution in [2.24, 2.45) is 5.92 Å². The number of hydrogen-bond acceptors (Lipinski definition) is 10. The third-order valence-corrected chi connectivity index (χ3v) is 7.02. The van der Waals surface area contributed by atoms with Crippen molar-refractivity contribution in [1.29, 1.82) is 0 Å². The number of nitrogens with zero attached hydrogens (tertiary/aromatic N) is 5. The van der Waals surface area contributed by atoms with Crippen LogP contribution in [0.25, 0.3) is 0 Å². The van der Waals surface area contributed by atoms with Crippen molar-refractivity contribution in [1.82, 2.24) is 30.0 Å². The van der Waals surface area contributed by atoms with Crippen molar-refractivity contribution >= 4 is 35.3 Å². The lowest BCUT2D eigenvalue weighted by molar-refractivity contribution is -0.119. The van der Waals surface area contributed by atoms with Gasteiger partial charge >= 0.3 is 0 Å². The van der Waals surface area contributed by atoms with Crippen LogP contribution in [0.3, 0.4) is 0 Å². The summed E-state index contributed by atoms with van der Waals surface area (Å²) < 4.78 is 5.42. The highest BCUT2D eigenvalue weighted by molar-refractivity contribution is 7.99. The summed E-state index contributed by atoms with van der Waals surface area (Å²) in [5.74, 6) is 2.24. The fourth-order valence-corrected chi connectivity index (χ4v) is 4.74. The van der Waals surface area contributed by atoms with Crippen LogP contribution in [0.2, 0.25) is 0 Å². The normalized spacial score (nSPS) is 16.1. The molecule has 0 amide bonds. The van der Waals surface area contributed by atoms with Crippen LogP contribution in [0.4, 0.5) is 17.7 Å². The highest BCUT2D eigenvalue weighted by Crippen LogP contribution is 2.31. The van der Waals surface area contributed by atoms with E-state index in [0.717, 1.165) is 74.8 Å². The van der Waals surface area contributed by atoms with Gasteiger partial charge in [0, 0.05) is 48.6 Å². The molecule has 11 heteroatoms. The van der Waals surface area contributed by atoms with Crippen molar-refractivity contribution in [3.63, 3.8) is 0 Å². The monoisotopic (exact) mass is 508 g/mol. The number of nitrogens with one attached hydrogen (secondary N) is 3. The van der Waals surface area contributed by atoms with Crippen LogP contribution in [-0.2, 0) is 16.0 Å². The zero-order valence-corrected chi connectivity index (χ0v) is 21.3. The van der Waals surface area contributed by atoms with Crippen LogP contribution in [0.1, 0.15) is 30.5 Å². The molecule has 1 aliphatic heterocycles. The summed E-state index contributed by atoms with van der Waals surface area (Å²) in [6, 6.07) is 9.96. The van der Waals surface area contributed by atoms with Crippen molar-refractivity contribution in [2.45, 2.75) is 42.7 Å². The van der Waals surface area contributed by atoms with Gasteiger partial charge in [-0.1, -0.05) is 12.1 Å². The minimum atomic E-state index is 0.285. The largest absolute Gasteiger partial charge is 0.379 e. The molecule has 0 unspecified atom stereocenters. The minimum absolute atomic E-state index is 0.285. The number of Topliss-reactive ketones (excluding diaryl/α,β-unsaturated/α-hetero) is 1. The number of aromatic amines is 1. The summed E-state index contributed by atoms with van der Waals surface area (Å²) >= 11 is 1.46. The van der Waals surface area contributed by atoms with Crippen LogP contribution in [-0.4, -0.2) is 75.2 Å². The van der Waals surface area contributed by atoms with Gasteiger partial charge in [-0.15, -0.1) is 0 Å². The molecule has 36 heavy (non-hydrogen) atoms. The van der Waals surface area contributed by atoms with E-state index in [1.54, 1.807) is 0 Å². The maximum atomic E-state index is 12.1. The van der Waals surface area contributed by atoms with Crippen LogP contribution >= 0.6 is 11.8 Å². The third kappa shape index (κ3) is 7.25. The van der Waals surface area contributed by atoms with Gasteiger partial charge in [-0.05, 0) is 62.2 Å². The van der Waals surface area contributed by atoms with Crippen LogP contribution in [0.15, 0.2) is 40.4 Å². The Bertz CT molecular complexity index is 1160. The first-order valence-electron chi connectivity index (χ1n) is 12.5. The molecule has 3 N–H and O–H groups in total. The molecular weight excluding hydrogens is 476 g/mol. The van der Waals surface area contributed by atoms with E-state index in [1.807, 2.05) is 37.3 Å². The van der Waals surface area contributed by atoms with Gasteiger partial charge in [-0.3, -0.25) is 14.8 Å². The Morgan fingerprint density at radius 1 is 1.14 bits per heavy atom. The fourth-order valence-electron chi connectivity index (χ4n) is 3.99. The molecule has 1 aromatic carbocycles. The van der Waals surface area contributed by atoms with E-state index >= 15 is 0 Å². The van der Waals surface area contributed by atoms with Crippen molar-refractivity contribution in [3.05, 3.63) is 41.6 Å². The van der Waals surface area contributed by atoms with Gasteiger partial charge in [0.15, 0.2) is 11.0 Å². The van der Waals surface area contributed by atoms with E-state index < -0.39 is 0 Å². The van der Waals surface area contributed by atoms with Crippen molar-refractivity contribution < 1.29 is 9.53 Å². The summed E-state index contributed by atoms with van der Waals surface area (Å²) in [5, 5.41) is 14.2. The number of carbonyl (C=O) groups excluding carboxylic acids is 1. The Labute approximate surface area is 215 Å². The molecule has 10 nitrogen and oxygen atoms in total. The van der Waals surface area contributed by atoms with Crippen molar-refractivity contribution in [2.75, 3.05) is 50.0 Å². The number of aryl methyl sites for hydroxylation is 1. The summed E-state index contributed by atoms with van der Waals surface area (Å²) in [5.41, 5.74) is 1.99. The first-order chi connectivity index (χ1) is 17.6. The SMILES string of the molecule is Cc1cc(Nc2nc(NCCCN3CCOCC3)nc(Sc3ccc(CC(=O)C4CC4)cc3)n2)n[nH]1. The van der Waals surface area contributed by atoms with E-state index in [0.29, 0.717) is 35.1 Å². The number of benzene rings is 1. The molecule has 1 saturated carbocycles. The quantitative estimate of drug-likeness (QED) is 0.314. The average molecular weight is 509 g/mol. The Balaban J connectivity index is 1.23. The zero-order valence-electron chi connectivity index (χ0n) is 20.5. The van der Waals surface area contributed by atoms with Gasteiger partial charge in [0.05, 0.1) is 13.2 Å². The van der Waals surface area contributed by atoms with E-state index in [9.17, 15) is 4.79 Å².